The van der Waals surface area contributed by atoms with Crippen molar-refractivity contribution in [3.8, 4) is 0 Å². The molecule has 1 aliphatic heterocycles. The molecule has 1 rings (SSSR count). The van der Waals surface area contributed by atoms with Crippen molar-refractivity contribution in [1.82, 2.24) is 5.32 Å². The van der Waals surface area contributed by atoms with Gasteiger partial charge in [0.15, 0.2) is 0 Å². The average Bonchev–Trinajstić information content (AvgIpc) is 2.10. The van der Waals surface area contributed by atoms with Gasteiger partial charge in [0.05, 0.1) is 5.70 Å². The molecule has 0 unspecified atom stereocenters. The largest absolute Gasteiger partial charge is 0.337 e. The van der Waals surface area contributed by atoms with Gasteiger partial charge in [-0.3, -0.25) is 4.79 Å². The third-order valence-electron chi connectivity index (χ3n) is 0.931. The van der Waals surface area contributed by atoms with Crippen LogP contribution in [-0.4, -0.2) is 9.44 Å². The fourth-order valence-electron chi connectivity index (χ4n) is 0.516. The maximum atomic E-state index is 10.8. The first-order valence-electron chi connectivity index (χ1n) is 2.43. The van der Waals surface area contributed by atoms with Crippen LogP contribution in [0, 0.1) is 0 Å². The second-order valence-electron chi connectivity index (χ2n) is 1.50. The van der Waals surface area contributed by atoms with Gasteiger partial charge in [-0.1, -0.05) is 18.3 Å². The lowest BCUT2D eigenvalue weighted by Gasteiger charge is -1.88. The van der Waals surface area contributed by atoms with E-state index in [0.717, 1.165) is 11.8 Å². The minimum absolute atomic E-state index is 0.0162. The summed E-state index contributed by atoms with van der Waals surface area (Å²) >= 11 is 5.80. The van der Waals surface area contributed by atoms with E-state index in [2.05, 4.69) is 5.32 Å². The summed E-state index contributed by atoms with van der Waals surface area (Å²) < 4.78 is 0.549. The maximum Gasteiger partial charge on any atom is 0.242 e. The highest BCUT2D eigenvalue weighted by molar-refractivity contribution is 8.33. The Hall–Kier alpha value is -0.350. The van der Waals surface area contributed by atoms with Crippen LogP contribution in [0.4, 0.5) is 0 Å². The van der Waals surface area contributed by atoms with Crippen molar-refractivity contribution < 1.29 is 4.79 Å². The lowest BCUT2D eigenvalue weighted by Crippen LogP contribution is -2.09. The van der Waals surface area contributed by atoms with Gasteiger partial charge in [0.2, 0.25) is 5.12 Å². The standard InChI is InChI=1S/C5H5NOS2/c1-2-3-4(7)9-5(8)6-3/h2H,1H3,(H,6,8)/b3-2+. The van der Waals surface area contributed by atoms with E-state index in [0.29, 0.717) is 10.0 Å². The van der Waals surface area contributed by atoms with E-state index in [-0.39, 0.29) is 5.12 Å². The predicted molar refractivity (Wildman–Crippen MR) is 42.1 cm³/mol. The molecular formula is C5H5NOS2. The fourth-order valence-corrected chi connectivity index (χ4v) is 1.46. The van der Waals surface area contributed by atoms with Crippen molar-refractivity contribution in [2.75, 3.05) is 0 Å². The molecule has 1 heterocycles. The zero-order valence-electron chi connectivity index (χ0n) is 4.80. The molecule has 0 saturated carbocycles. The average molecular weight is 159 g/mol. The van der Waals surface area contributed by atoms with E-state index in [4.69, 9.17) is 12.2 Å². The first-order chi connectivity index (χ1) is 4.24. The molecule has 1 fully saturated rings. The number of allylic oxidation sites excluding steroid dienone is 1. The summed E-state index contributed by atoms with van der Waals surface area (Å²) in [5.74, 6) is 0. The van der Waals surface area contributed by atoms with Crippen molar-refractivity contribution in [3.63, 3.8) is 0 Å². The third kappa shape index (κ3) is 1.31. The molecule has 1 saturated heterocycles. The Bertz CT molecular complexity index is 197. The Morgan fingerprint density at radius 1 is 1.78 bits per heavy atom. The summed E-state index contributed by atoms with van der Waals surface area (Å²) in [5.41, 5.74) is 0.602. The fraction of sp³-hybridized carbons (Fsp3) is 0.200. The van der Waals surface area contributed by atoms with E-state index in [1.807, 2.05) is 0 Å². The number of hydrogen-bond acceptors (Lipinski definition) is 3. The van der Waals surface area contributed by atoms with Gasteiger partial charge in [0.25, 0.3) is 0 Å². The second-order valence-corrected chi connectivity index (χ2v) is 3.15. The molecule has 0 aromatic carbocycles. The van der Waals surface area contributed by atoms with Gasteiger partial charge in [-0.2, -0.15) is 0 Å². The van der Waals surface area contributed by atoms with Gasteiger partial charge in [-0.05, 0) is 18.7 Å². The Morgan fingerprint density at radius 2 is 2.44 bits per heavy atom. The number of carbonyl (C=O) groups excluding carboxylic acids is 1. The molecule has 1 aliphatic rings. The van der Waals surface area contributed by atoms with Gasteiger partial charge >= 0.3 is 0 Å². The molecule has 0 aromatic rings. The number of carbonyl (C=O) groups is 1. The SMILES string of the molecule is C/C=C1/NC(=S)SC1=O. The van der Waals surface area contributed by atoms with Crippen LogP contribution in [0.3, 0.4) is 0 Å². The summed E-state index contributed by atoms with van der Waals surface area (Å²) in [6, 6.07) is 0. The topological polar surface area (TPSA) is 29.1 Å². The number of nitrogens with one attached hydrogen (secondary N) is 1. The van der Waals surface area contributed by atoms with Crippen molar-refractivity contribution in [2.45, 2.75) is 6.92 Å². The smallest absolute Gasteiger partial charge is 0.242 e. The van der Waals surface area contributed by atoms with Gasteiger partial charge in [-0.15, -0.1) is 0 Å². The van der Waals surface area contributed by atoms with E-state index in [1.54, 1.807) is 13.0 Å². The number of rotatable bonds is 0. The minimum Gasteiger partial charge on any atom is -0.337 e. The molecule has 9 heavy (non-hydrogen) atoms. The number of thiocarbonyl (C=S) groups is 1. The zero-order chi connectivity index (χ0) is 6.85. The number of thioether (sulfide) groups is 1. The summed E-state index contributed by atoms with van der Waals surface area (Å²) in [7, 11) is 0. The molecule has 4 heteroatoms. The molecule has 48 valence electrons. The van der Waals surface area contributed by atoms with E-state index < -0.39 is 0 Å². The Balaban J connectivity index is 2.81. The van der Waals surface area contributed by atoms with Crippen LogP contribution >= 0.6 is 24.0 Å². The summed E-state index contributed by atoms with van der Waals surface area (Å²) in [4.78, 5) is 10.8. The second kappa shape index (κ2) is 2.49. The molecule has 2 nitrogen and oxygen atoms in total. The lowest BCUT2D eigenvalue weighted by molar-refractivity contribution is -0.107. The lowest BCUT2D eigenvalue weighted by atomic mass is 10.4. The first-order valence-corrected chi connectivity index (χ1v) is 3.66. The van der Waals surface area contributed by atoms with Crippen LogP contribution in [0.25, 0.3) is 0 Å². The Labute approximate surface area is 62.7 Å². The van der Waals surface area contributed by atoms with Crippen LogP contribution in [-0.2, 0) is 4.79 Å². The molecule has 0 atom stereocenters. The molecular weight excluding hydrogens is 154 g/mol. The minimum atomic E-state index is 0.0162. The van der Waals surface area contributed by atoms with E-state index >= 15 is 0 Å². The van der Waals surface area contributed by atoms with Gasteiger partial charge in [0.1, 0.15) is 4.32 Å². The highest BCUT2D eigenvalue weighted by Crippen LogP contribution is 2.17. The molecule has 0 bridgehead atoms. The van der Waals surface area contributed by atoms with Gasteiger partial charge in [0, 0.05) is 0 Å². The van der Waals surface area contributed by atoms with Crippen LogP contribution in [0.2, 0.25) is 0 Å². The van der Waals surface area contributed by atoms with Crippen molar-refractivity contribution in [3.05, 3.63) is 11.8 Å². The van der Waals surface area contributed by atoms with Crippen LogP contribution < -0.4 is 5.32 Å². The van der Waals surface area contributed by atoms with E-state index in [1.165, 1.54) is 0 Å². The quantitative estimate of drug-likeness (QED) is 0.422. The molecule has 0 amide bonds. The Kier molecular flexibility index (Phi) is 1.87. The first kappa shape index (κ1) is 6.77. The molecule has 0 radical (unpaired) electrons. The van der Waals surface area contributed by atoms with Crippen molar-refractivity contribution in [1.29, 1.82) is 0 Å². The van der Waals surface area contributed by atoms with Crippen molar-refractivity contribution in [2.24, 2.45) is 0 Å². The highest BCUT2D eigenvalue weighted by atomic mass is 32.2. The number of hydrogen-bond donors (Lipinski definition) is 1. The molecule has 1 N–H and O–H groups in total. The predicted octanol–water partition coefficient (Wildman–Crippen LogP) is 1.04. The third-order valence-corrected chi connectivity index (χ3v) is 1.98. The van der Waals surface area contributed by atoms with Gasteiger partial charge in [-0.25, -0.2) is 0 Å². The van der Waals surface area contributed by atoms with Gasteiger partial charge < -0.3 is 5.32 Å². The Morgan fingerprint density at radius 3 is 2.67 bits per heavy atom. The monoisotopic (exact) mass is 159 g/mol. The summed E-state index contributed by atoms with van der Waals surface area (Å²) in [6.45, 7) is 1.80. The van der Waals surface area contributed by atoms with E-state index in [9.17, 15) is 4.79 Å². The zero-order valence-corrected chi connectivity index (χ0v) is 6.44. The molecule has 0 aliphatic carbocycles. The maximum absolute atomic E-state index is 10.8. The van der Waals surface area contributed by atoms with Crippen molar-refractivity contribution >= 4 is 33.4 Å². The molecule has 0 spiro atoms. The highest BCUT2D eigenvalue weighted by Gasteiger charge is 2.20. The summed E-state index contributed by atoms with van der Waals surface area (Å²) in [6.07, 6.45) is 1.72. The normalized spacial score (nSPS) is 23.0. The molecule has 0 aromatic heterocycles. The van der Waals surface area contributed by atoms with Crippen LogP contribution in [0.15, 0.2) is 11.8 Å². The van der Waals surface area contributed by atoms with Crippen LogP contribution in [0.1, 0.15) is 6.92 Å². The summed E-state index contributed by atoms with van der Waals surface area (Å²) in [5, 5.41) is 2.78. The van der Waals surface area contributed by atoms with Crippen LogP contribution in [0.5, 0.6) is 0 Å².